The molecule has 25 heavy (non-hydrogen) atoms. The van der Waals surface area contributed by atoms with Gasteiger partial charge in [0, 0.05) is 44.1 Å². The van der Waals surface area contributed by atoms with Crippen molar-refractivity contribution in [1.29, 1.82) is 0 Å². The first-order valence-corrected chi connectivity index (χ1v) is 9.25. The highest BCUT2D eigenvalue weighted by atomic mass is 16.5. The van der Waals surface area contributed by atoms with Gasteiger partial charge in [0.2, 0.25) is 0 Å². The number of nitrogens with one attached hydrogen (secondary N) is 2. The monoisotopic (exact) mass is 347 g/mol. The Bertz CT molecular complexity index is 561. The lowest BCUT2D eigenvalue weighted by Gasteiger charge is -2.40. The van der Waals surface area contributed by atoms with Crippen LogP contribution in [0.3, 0.4) is 0 Å². The van der Waals surface area contributed by atoms with Crippen molar-refractivity contribution >= 4 is 11.7 Å². The Morgan fingerprint density at radius 2 is 2.16 bits per heavy atom. The van der Waals surface area contributed by atoms with E-state index in [2.05, 4.69) is 15.5 Å². The molecular formula is C19H29N3O3. The molecule has 2 fully saturated rings. The third-order valence-corrected chi connectivity index (χ3v) is 5.14. The molecule has 1 atom stereocenters. The van der Waals surface area contributed by atoms with Gasteiger partial charge >= 0.3 is 6.03 Å². The molecule has 138 valence electrons. The van der Waals surface area contributed by atoms with Gasteiger partial charge in [0.15, 0.2) is 0 Å². The van der Waals surface area contributed by atoms with Gasteiger partial charge in [-0.25, -0.2) is 4.79 Å². The zero-order chi connectivity index (χ0) is 17.5. The van der Waals surface area contributed by atoms with Crippen molar-refractivity contribution in [2.75, 3.05) is 45.3 Å². The van der Waals surface area contributed by atoms with Crippen LogP contribution in [-0.2, 0) is 4.74 Å². The number of carbonyl (C=O) groups excluding carboxylic acids is 1. The first-order valence-electron chi connectivity index (χ1n) is 9.25. The van der Waals surface area contributed by atoms with E-state index in [1.54, 1.807) is 7.11 Å². The van der Waals surface area contributed by atoms with Gasteiger partial charge in [-0.1, -0.05) is 6.07 Å². The van der Waals surface area contributed by atoms with E-state index in [1.165, 1.54) is 19.4 Å². The van der Waals surface area contributed by atoms with Crippen LogP contribution in [0.25, 0.3) is 0 Å². The maximum atomic E-state index is 12.1. The van der Waals surface area contributed by atoms with Crippen molar-refractivity contribution in [3.8, 4) is 5.75 Å². The Morgan fingerprint density at radius 3 is 2.96 bits per heavy atom. The minimum absolute atomic E-state index is 0.156. The molecule has 2 saturated heterocycles. The van der Waals surface area contributed by atoms with Gasteiger partial charge in [-0.3, -0.25) is 4.90 Å². The predicted molar refractivity (Wildman–Crippen MR) is 98.2 cm³/mol. The van der Waals surface area contributed by atoms with Crippen LogP contribution in [0.15, 0.2) is 24.3 Å². The Labute approximate surface area is 149 Å². The van der Waals surface area contributed by atoms with Gasteiger partial charge in [0.05, 0.1) is 7.11 Å². The van der Waals surface area contributed by atoms with Crippen LogP contribution < -0.4 is 15.4 Å². The molecule has 2 heterocycles. The van der Waals surface area contributed by atoms with Crippen LogP contribution in [0.4, 0.5) is 10.5 Å². The van der Waals surface area contributed by atoms with Crippen molar-refractivity contribution in [1.82, 2.24) is 10.2 Å². The van der Waals surface area contributed by atoms with Crippen LogP contribution in [-0.4, -0.2) is 56.9 Å². The van der Waals surface area contributed by atoms with Crippen molar-refractivity contribution in [3.63, 3.8) is 0 Å². The average Bonchev–Trinajstić information content (AvgIpc) is 2.67. The summed E-state index contributed by atoms with van der Waals surface area (Å²) in [4.78, 5) is 14.7. The summed E-state index contributed by atoms with van der Waals surface area (Å²) in [6.45, 7) is 4.73. The summed E-state index contributed by atoms with van der Waals surface area (Å²) in [6.07, 6.45) is 4.66. The fourth-order valence-electron chi connectivity index (χ4n) is 3.76. The quantitative estimate of drug-likeness (QED) is 0.860. The molecule has 0 aliphatic carbocycles. The van der Waals surface area contributed by atoms with Crippen LogP contribution in [0, 0.1) is 5.92 Å². The number of nitrogens with zero attached hydrogens (tertiary/aromatic N) is 1. The number of piperidine rings is 1. The number of benzene rings is 1. The van der Waals surface area contributed by atoms with E-state index in [0.29, 0.717) is 12.0 Å². The molecule has 6 nitrogen and oxygen atoms in total. The average molecular weight is 347 g/mol. The Hall–Kier alpha value is -1.79. The summed E-state index contributed by atoms with van der Waals surface area (Å²) >= 11 is 0. The third kappa shape index (κ3) is 5.34. The molecule has 2 aliphatic heterocycles. The number of hydrogen-bond donors (Lipinski definition) is 2. The lowest BCUT2D eigenvalue weighted by molar-refractivity contribution is 0.0181. The molecule has 1 aromatic carbocycles. The summed E-state index contributed by atoms with van der Waals surface area (Å²) in [7, 11) is 1.62. The predicted octanol–water partition coefficient (Wildman–Crippen LogP) is 2.71. The molecule has 0 saturated carbocycles. The van der Waals surface area contributed by atoms with Gasteiger partial charge in [-0.2, -0.15) is 0 Å². The summed E-state index contributed by atoms with van der Waals surface area (Å²) in [6, 6.07) is 7.89. The van der Waals surface area contributed by atoms with E-state index in [0.717, 1.165) is 50.6 Å². The highest BCUT2D eigenvalue weighted by Gasteiger charge is 2.27. The number of rotatable bonds is 5. The van der Waals surface area contributed by atoms with Crippen molar-refractivity contribution in [2.24, 2.45) is 5.92 Å². The van der Waals surface area contributed by atoms with Crippen LogP contribution in [0.2, 0.25) is 0 Å². The second-order valence-electron chi connectivity index (χ2n) is 6.91. The number of ether oxygens (including phenoxy) is 2. The Kier molecular flexibility index (Phi) is 6.53. The molecule has 2 amide bonds. The molecule has 1 aromatic rings. The summed E-state index contributed by atoms with van der Waals surface area (Å²) in [5, 5.41) is 5.89. The van der Waals surface area contributed by atoms with Crippen molar-refractivity contribution in [2.45, 2.75) is 31.7 Å². The molecule has 0 radical (unpaired) electrons. The number of methoxy groups -OCH3 is 1. The topological polar surface area (TPSA) is 62.8 Å². The highest BCUT2D eigenvalue weighted by Crippen LogP contribution is 2.23. The van der Waals surface area contributed by atoms with Crippen molar-refractivity contribution in [3.05, 3.63) is 24.3 Å². The number of carbonyl (C=O) groups is 1. The smallest absolute Gasteiger partial charge is 0.319 e. The summed E-state index contributed by atoms with van der Waals surface area (Å²) in [5.41, 5.74) is 0.740. The van der Waals surface area contributed by atoms with Gasteiger partial charge in [-0.05, 0) is 50.3 Å². The molecule has 2 aliphatic rings. The van der Waals surface area contributed by atoms with E-state index in [1.807, 2.05) is 24.3 Å². The SMILES string of the molecule is COc1cccc(NC(=O)NC[C@H]2CCCN(C3CCOCC3)C2)c1. The number of likely N-dealkylation sites (tertiary alicyclic amines) is 1. The van der Waals surface area contributed by atoms with E-state index >= 15 is 0 Å². The molecule has 2 N–H and O–H groups in total. The van der Waals surface area contributed by atoms with E-state index in [9.17, 15) is 4.79 Å². The van der Waals surface area contributed by atoms with Gasteiger partial charge in [-0.15, -0.1) is 0 Å². The minimum Gasteiger partial charge on any atom is -0.497 e. The molecule has 3 rings (SSSR count). The van der Waals surface area contributed by atoms with Gasteiger partial charge in [0.1, 0.15) is 5.75 Å². The first kappa shape index (κ1) is 18.0. The standard InChI is InChI=1S/C19H29N3O3/c1-24-18-6-2-5-16(12-18)21-19(23)20-13-15-4-3-9-22(14-15)17-7-10-25-11-8-17/h2,5-6,12,15,17H,3-4,7-11,13-14H2,1H3,(H2,20,21,23)/t15-/m1/s1. The Balaban J connectivity index is 1.43. The zero-order valence-corrected chi connectivity index (χ0v) is 15.0. The number of hydrogen-bond acceptors (Lipinski definition) is 4. The normalized spacial score (nSPS) is 22.4. The zero-order valence-electron chi connectivity index (χ0n) is 15.0. The second kappa shape index (κ2) is 9.06. The third-order valence-electron chi connectivity index (χ3n) is 5.14. The first-order chi connectivity index (χ1) is 12.2. The van der Waals surface area contributed by atoms with E-state index < -0.39 is 0 Å². The number of amides is 2. The van der Waals surface area contributed by atoms with Gasteiger partial charge in [0.25, 0.3) is 0 Å². The lowest BCUT2D eigenvalue weighted by Crippen LogP contribution is -2.47. The van der Waals surface area contributed by atoms with Crippen LogP contribution in [0.1, 0.15) is 25.7 Å². The molecular weight excluding hydrogens is 318 g/mol. The van der Waals surface area contributed by atoms with Crippen LogP contribution >= 0.6 is 0 Å². The number of urea groups is 1. The summed E-state index contributed by atoms with van der Waals surface area (Å²) < 4.78 is 10.6. The van der Waals surface area contributed by atoms with Crippen molar-refractivity contribution < 1.29 is 14.3 Å². The minimum atomic E-state index is -0.156. The molecule has 0 bridgehead atoms. The number of anilines is 1. The molecule has 0 unspecified atom stereocenters. The van der Waals surface area contributed by atoms with E-state index in [4.69, 9.17) is 9.47 Å². The Morgan fingerprint density at radius 1 is 1.32 bits per heavy atom. The molecule has 0 spiro atoms. The lowest BCUT2D eigenvalue weighted by atomic mass is 9.95. The fraction of sp³-hybridized carbons (Fsp3) is 0.632. The molecule has 0 aromatic heterocycles. The maximum absolute atomic E-state index is 12.1. The largest absolute Gasteiger partial charge is 0.497 e. The maximum Gasteiger partial charge on any atom is 0.319 e. The fourth-order valence-corrected chi connectivity index (χ4v) is 3.76. The van der Waals surface area contributed by atoms with Gasteiger partial charge < -0.3 is 20.1 Å². The summed E-state index contributed by atoms with van der Waals surface area (Å²) in [5.74, 6) is 1.25. The van der Waals surface area contributed by atoms with E-state index in [-0.39, 0.29) is 6.03 Å². The highest BCUT2D eigenvalue weighted by molar-refractivity contribution is 5.89. The van der Waals surface area contributed by atoms with Crippen LogP contribution in [0.5, 0.6) is 5.75 Å². The second-order valence-corrected chi connectivity index (χ2v) is 6.91. The molecule has 6 heteroatoms.